The standard InChI is InChI=1S/C16H15NO4/c18-14-6-3-8-17(13-5-2-1-4-12(13)14)10-11-7-9-21-15(11)16(19)20/h1-2,4-5,7,9H,3,6,8,10H2,(H,19,20). The van der Waals surface area contributed by atoms with E-state index in [1.54, 1.807) is 6.07 Å². The van der Waals surface area contributed by atoms with Crippen molar-refractivity contribution in [3.8, 4) is 0 Å². The number of ketones is 1. The molecule has 0 amide bonds. The van der Waals surface area contributed by atoms with E-state index in [1.807, 2.05) is 29.2 Å². The molecule has 1 aliphatic rings. The van der Waals surface area contributed by atoms with Crippen molar-refractivity contribution in [1.82, 2.24) is 0 Å². The average Bonchev–Trinajstić information content (AvgIpc) is 2.88. The molecule has 0 unspecified atom stereocenters. The van der Waals surface area contributed by atoms with Crippen molar-refractivity contribution in [2.24, 2.45) is 0 Å². The fourth-order valence-electron chi connectivity index (χ4n) is 2.69. The van der Waals surface area contributed by atoms with Gasteiger partial charge in [0.15, 0.2) is 5.78 Å². The monoisotopic (exact) mass is 285 g/mol. The zero-order valence-corrected chi connectivity index (χ0v) is 11.4. The number of hydrogen-bond acceptors (Lipinski definition) is 4. The zero-order chi connectivity index (χ0) is 14.8. The third-order valence-corrected chi connectivity index (χ3v) is 3.68. The molecule has 0 bridgehead atoms. The van der Waals surface area contributed by atoms with Crippen LogP contribution in [-0.2, 0) is 6.54 Å². The molecule has 1 aromatic carbocycles. The Hall–Kier alpha value is -2.56. The van der Waals surface area contributed by atoms with E-state index in [2.05, 4.69) is 0 Å². The summed E-state index contributed by atoms with van der Waals surface area (Å²) in [5.41, 5.74) is 2.18. The minimum atomic E-state index is -1.07. The highest BCUT2D eigenvalue weighted by atomic mass is 16.4. The highest BCUT2D eigenvalue weighted by molar-refractivity contribution is 6.02. The van der Waals surface area contributed by atoms with Gasteiger partial charge in [0.05, 0.1) is 6.26 Å². The van der Waals surface area contributed by atoms with Gasteiger partial charge in [-0.3, -0.25) is 4.79 Å². The molecule has 5 nitrogen and oxygen atoms in total. The molecule has 0 radical (unpaired) electrons. The lowest BCUT2D eigenvalue weighted by molar-refractivity contribution is 0.0660. The lowest BCUT2D eigenvalue weighted by Crippen LogP contribution is -2.24. The first-order valence-corrected chi connectivity index (χ1v) is 6.83. The number of carboxylic acids is 1. The van der Waals surface area contributed by atoms with E-state index in [0.29, 0.717) is 30.6 Å². The molecule has 1 N–H and O–H groups in total. The van der Waals surface area contributed by atoms with Crippen LogP contribution < -0.4 is 4.90 Å². The van der Waals surface area contributed by atoms with Crippen molar-refractivity contribution in [2.75, 3.05) is 11.4 Å². The summed E-state index contributed by atoms with van der Waals surface area (Å²) >= 11 is 0. The van der Waals surface area contributed by atoms with Crippen LogP contribution in [0.4, 0.5) is 5.69 Å². The molecular formula is C16H15NO4. The molecular weight excluding hydrogens is 270 g/mol. The molecule has 2 aromatic rings. The van der Waals surface area contributed by atoms with Crippen LogP contribution in [-0.4, -0.2) is 23.4 Å². The number of fused-ring (bicyclic) bond motifs is 1. The van der Waals surface area contributed by atoms with Gasteiger partial charge >= 0.3 is 5.97 Å². The lowest BCUT2D eigenvalue weighted by Gasteiger charge is -2.24. The Kier molecular flexibility index (Phi) is 3.48. The summed E-state index contributed by atoms with van der Waals surface area (Å²) in [7, 11) is 0. The Bertz CT molecular complexity index is 689. The number of rotatable bonds is 3. The highest BCUT2D eigenvalue weighted by Crippen LogP contribution is 2.28. The second-order valence-corrected chi connectivity index (χ2v) is 5.05. The number of hydrogen-bond donors (Lipinski definition) is 1. The van der Waals surface area contributed by atoms with Gasteiger partial charge in [-0.2, -0.15) is 0 Å². The molecule has 0 saturated carbocycles. The number of benzene rings is 1. The number of carbonyl (C=O) groups excluding carboxylic acids is 1. The molecule has 3 rings (SSSR count). The van der Waals surface area contributed by atoms with Crippen LogP contribution in [0.2, 0.25) is 0 Å². The van der Waals surface area contributed by atoms with Crippen LogP contribution in [0.5, 0.6) is 0 Å². The molecule has 2 heterocycles. The topological polar surface area (TPSA) is 70.8 Å². The van der Waals surface area contributed by atoms with Gasteiger partial charge in [-0.15, -0.1) is 0 Å². The van der Waals surface area contributed by atoms with Gasteiger partial charge in [-0.1, -0.05) is 12.1 Å². The fourth-order valence-corrected chi connectivity index (χ4v) is 2.69. The minimum absolute atomic E-state index is 0.0388. The maximum absolute atomic E-state index is 12.1. The van der Waals surface area contributed by atoms with Gasteiger partial charge in [-0.25, -0.2) is 4.79 Å². The van der Waals surface area contributed by atoms with Crippen LogP contribution in [0.15, 0.2) is 41.0 Å². The summed E-state index contributed by atoms with van der Waals surface area (Å²) in [6.45, 7) is 1.13. The van der Waals surface area contributed by atoms with Crippen molar-refractivity contribution in [3.63, 3.8) is 0 Å². The van der Waals surface area contributed by atoms with Crippen molar-refractivity contribution in [2.45, 2.75) is 19.4 Å². The Labute approximate surface area is 121 Å². The Morgan fingerprint density at radius 1 is 1.29 bits per heavy atom. The molecule has 1 aromatic heterocycles. The van der Waals surface area contributed by atoms with E-state index in [1.165, 1.54) is 6.26 Å². The maximum atomic E-state index is 12.1. The second kappa shape index (κ2) is 5.44. The summed E-state index contributed by atoms with van der Waals surface area (Å²) in [6.07, 6.45) is 2.66. The van der Waals surface area contributed by atoms with Crippen LogP contribution in [0.3, 0.4) is 0 Å². The zero-order valence-electron chi connectivity index (χ0n) is 11.4. The number of anilines is 1. The molecule has 5 heteroatoms. The van der Waals surface area contributed by atoms with Crippen LogP contribution in [0.25, 0.3) is 0 Å². The summed E-state index contributed by atoms with van der Waals surface area (Å²) < 4.78 is 5.01. The molecule has 1 aliphatic heterocycles. The van der Waals surface area contributed by atoms with Crippen molar-refractivity contribution in [1.29, 1.82) is 0 Å². The molecule has 0 saturated heterocycles. The number of carboxylic acid groups (broad SMARTS) is 1. The predicted octanol–water partition coefficient (Wildman–Crippen LogP) is 2.96. The minimum Gasteiger partial charge on any atom is -0.475 e. The van der Waals surface area contributed by atoms with Crippen molar-refractivity contribution < 1.29 is 19.1 Å². The van der Waals surface area contributed by atoms with Gasteiger partial charge < -0.3 is 14.4 Å². The third kappa shape index (κ3) is 2.54. The van der Waals surface area contributed by atoms with Gasteiger partial charge in [-0.05, 0) is 24.6 Å². The Balaban J connectivity index is 1.95. The van der Waals surface area contributed by atoms with Crippen molar-refractivity contribution in [3.05, 3.63) is 53.5 Å². The summed E-state index contributed by atoms with van der Waals surface area (Å²) in [6, 6.07) is 9.12. The summed E-state index contributed by atoms with van der Waals surface area (Å²) in [4.78, 5) is 25.3. The van der Waals surface area contributed by atoms with E-state index in [0.717, 1.165) is 12.1 Å². The van der Waals surface area contributed by atoms with E-state index >= 15 is 0 Å². The smallest absolute Gasteiger partial charge is 0.372 e. The molecule has 108 valence electrons. The number of furan rings is 1. The first-order valence-electron chi connectivity index (χ1n) is 6.83. The fraction of sp³-hybridized carbons (Fsp3) is 0.250. The lowest BCUT2D eigenvalue weighted by atomic mass is 10.1. The third-order valence-electron chi connectivity index (χ3n) is 3.68. The summed E-state index contributed by atoms with van der Waals surface area (Å²) in [5.74, 6) is -0.976. The largest absolute Gasteiger partial charge is 0.475 e. The Morgan fingerprint density at radius 2 is 2.10 bits per heavy atom. The molecule has 0 atom stereocenters. The normalized spacial score (nSPS) is 14.7. The van der Waals surface area contributed by atoms with Crippen LogP contribution in [0, 0.1) is 0 Å². The number of para-hydroxylation sites is 1. The number of aromatic carboxylic acids is 1. The molecule has 0 spiro atoms. The predicted molar refractivity (Wildman–Crippen MR) is 76.7 cm³/mol. The first-order chi connectivity index (χ1) is 10.2. The SMILES string of the molecule is O=C1CCCN(Cc2ccoc2C(=O)O)c2ccccc21. The van der Waals surface area contributed by atoms with Gasteiger partial charge in [0.1, 0.15) is 0 Å². The van der Waals surface area contributed by atoms with E-state index in [-0.39, 0.29) is 11.5 Å². The average molecular weight is 285 g/mol. The number of Topliss-reactive ketones (excluding diaryl/α,β-unsaturated/α-hetero) is 1. The molecule has 0 aliphatic carbocycles. The maximum Gasteiger partial charge on any atom is 0.372 e. The van der Waals surface area contributed by atoms with E-state index in [4.69, 9.17) is 9.52 Å². The highest BCUT2D eigenvalue weighted by Gasteiger charge is 2.23. The second-order valence-electron chi connectivity index (χ2n) is 5.05. The van der Waals surface area contributed by atoms with Crippen LogP contribution in [0.1, 0.15) is 39.3 Å². The van der Waals surface area contributed by atoms with Gasteiger partial charge in [0, 0.05) is 36.3 Å². The quantitative estimate of drug-likeness (QED) is 0.938. The van der Waals surface area contributed by atoms with Crippen molar-refractivity contribution >= 4 is 17.4 Å². The van der Waals surface area contributed by atoms with E-state index < -0.39 is 5.97 Å². The van der Waals surface area contributed by atoms with Gasteiger partial charge in [0.2, 0.25) is 5.76 Å². The molecule has 0 fully saturated rings. The Morgan fingerprint density at radius 3 is 2.90 bits per heavy atom. The van der Waals surface area contributed by atoms with Gasteiger partial charge in [0.25, 0.3) is 0 Å². The van der Waals surface area contributed by atoms with E-state index in [9.17, 15) is 9.59 Å². The molecule has 21 heavy (non-hydrogen) atoms. The van der Waals surface area contributed by atoms with Crippen LogP contribution >= 0.6 is 0 Å². The number of carbonyl (C=O) groups is 2. The first kappa shape index (κ1) is 13.4. The summed E-state index contributed by atoms with van der Waals surface area (Å²) in [5, 5.41) is 9.11. The number of nitrogens with zero attached hydrogens (tertiary/aromatic N) is 1.